The number of benzene rings is 1. The van der Waals surface area contributed by atoms with E-state index in [0.29, 0.717) is 6.54 Å². The van der Waals surface area contributed by atoms with Gasteiger partial charge in [-0.25, -0.2) is 0 Å². The van der Waals surface area contributed by atoms with Crippen molar-refractivity contribution in [1.82, 2.24) is 5.32 Å². The number of carbonyl (C=O) groups is 2. The van der Waals surface area contributed by atoms with E-state index in [1.54, 1.807) is 0 Å². The predicted octanol–water partition coefficient (Wildman–Crippen LogP) is -0.203. The summed E-state index contributed by atoms with van der Waals surface area (Å²) in [6.07, 6.45) is 0. The van der Waals surface area contributed by atoms with Crippen LogP contribution in [0.5, 0.6) is 0 Å². The number of fused-ring (bicyclic) bond motifs is 1. The maximum atomic E-state index is 11.8. The van der Waals surface area contributed by atoms with Crippen LogP contribution in [0.25, 0.3) is 0 Å². The average Bonchev–Trinajstić information content (AvgIpc) is 2.69. The van der Waals surface area contributed by atoms with Crippen LogP contribution in [0.3, 0.4) is 0 Å². The zero-order chi connectivity index (χ0) is 11.5. The van der Waals surface area contributed by atoms with Crippen molar-refractivity contribution in [2.45, 2.75) is 5.92 Å². The van der Waals surface area contributed by atoms with Gasteiger partial charge >= 0.3 is 0 Å². The fourth-order valence-electron chi connectivity index (χ4n) is 1.82. The summed E-state index contributed by atoms with van der Waals surface area (Å²) in [4.78, 5) is 22.3. The lowest BCUT2D eigenvalue weighted by atomic mass is 10.0. The molecule has 84 valence electrons. The first kappa shape index (κ1) is 10.5. The molecule has 2 rings (SSSR count). The highest BCUT2D eigenvalue weighted by Crippen LogP contribution is 2.30. The number of primary amides is 1. The van der Waals surface area contributed by atoms with Gasteiger partial charge in [-0.3, -0.25) is 9.59 Å². The molecule has 4 N–H and O–H groups in total. The molecule has 1 heterocycles. The molecule has 16 heavy (non-hydrogen) atoms. The lowest BCUT2D eigenvalue weighted by Gasteiger charge is -2.09. The molecule has 0 aromatic heterocycles. The van der Waals surface area contributed by atoms with Crippen LogP contribution >= 0.6 is 0 Å². The van der Waals surface area contributed by atoms with E-state index in [1.165, 1.54) is 0 Å². The zero-order valence-corrected chi connectivity index (χ0v) is 8.69. The van der Waals surface area contributed by atoms with Crippen LogP contribution in [-0.4, -0.2) is 24.9 Å². The van der Waals surface area contributed by atoms with Gasteiger partial charge in [0.15, 0.2) is 0 Å². The number of nitrogens with two attached hydrogens (primary N) is 1. The molecule has 0 saturated heterocycles. The average molecular weight is 219 g/mol. The smallest absolute Gasteiger partial charge is 0.236 e. The molecule has 5 nitrogen and oxygen atoms in total. The van der Waals surface area contributed by atoms with E-state index in [1.807, 2.05) is 24.3 Å². The quantitative estimate of drug-likeness (QED) is 0.658. The van der Waals surface area contributed by atoms with E-state index in [0.717, 1.165) is 11.3 Å². The van der Waals surface area contributed by atoms with Gasteiger partial charge in [0.05, 0.1) is 12.5 Å². The summed E-state index contributed by atoms with van der Waals surface area (Å²) in [6.45, 7) is 0.446. The largest absolute Gasteiger partial charge is 0.384 e. The van der Waals surface area contributed by atoms with E-state index >= 15 is 0 Å². The molecule has 0 radical (unpaired) electrons. The van der Waals surface area contributed by atoms with Gasteiger partial charge in [-0.05, 0) is 11.6 Å². The Morgan fingerprint density at radius 3 is 2.94 bits per heavy atom. The Kier molecular flexibility index (Phi) is 2.76. The van der Waals surface area contributed by atoms with Crippen LogP contribution in [0.2, 0.25) is 0 Å². The number of carbonyl (C=O) groups excluding carboxylic acids is 2. The molecule has 0 aliphatic carbocycles. The number of hydrogen-bond acceptors (Lipinski definition) is 3. The maximum Gasteiger partial charge on any atom is 0.236 e. The van der Waals surface area contributed by atoms with Crippen LogP contribution in [0.1, 0.15) is 11.5 Å². The predicted molar refractivity (Wildman–Crippen MR) is 59.9 cm³/mol. The molecule has 1 aliphatic rings. The second-order valence-corrected chi connectivity index (χ2v) is 3.70. The van der Waals surface area contributed by atoms with Gasteiger partial charge in [0.1, 0.15) is 0 Å². The molecule has 0 saturated carbocycles. The summed E-state index contributed by atoms with van der Waals surface area (Å²) in [5.74, 6) is -0.945. The first-order chi connectivity index (χ1) is 7.68. The van der Waals surface area contributed by atoms with Crippen LogP contribution in [-0.2, 0) is 9.59 Å². The van der Waals surface area contributed by atoms with Gasteiger partial charge in [0.25, 0.3) is 0 Å². The minimum Gasteiger partial charge on any atom is -0.384 e. The summed E-state index contributed by atoms with van der Waals surface area (Å²) in [5, 5.41) is 5.65. The Morgan fingerprint density at radius 1 is 1.44 bits per heavy atom. The van der Waals surface area contributed by atoms with Gasteiger partial charge in [0.2, 0.25) is 11.8 Å². The monoisotopic (exact) mass is 219 g/mol. The summed E-state index contributed by atoms with van der Waals surface area (Å²) in [6, 6.07) is 7.64. The first-order valence-corrected chi connectivity index (χ1v) is 5.07. The van der Waals surface area contributed by atoms with E-state index in [9.17, 15) is 9.59 Å². The van der Waals surface area contributed by atoms with Crippen molar-refractivity contribution in [3.05, 3.63) is 29.8 Å². The van der Waals surface area contributed by atoms with Crippen molar-refractivity contribution in [2.75, 3.05) is 18.4 Å². The van der Waals surface area contributed by atoms with Crippen molar-refractivity contribution in [3.63, 3.8) is 0 Å². The van der Waals surface area contributed by atoms with Crippen molar-refractivity contribution in [3.8, 4) is 0 Å². The number of amides is 2. The minimum atomic E-state index is -0.535. The molecule has 1 aromatic rings. The van der Waals surface area contributed by atoms with E-state index in [4.69, 9.17) is 5.73 Å². The molecular weight excluding hydrogens is 206 g/mol. The van der Waals surface area contributed by atoms with Gasteiger partial charge in [0, 0.05) is 12.2 Å². The second-order valence-electron chi connectivity index (χ2n) is 3.70. The molecular formula is C11H13N3O2. The fourth-order valence-corrected chi connectivity index (χ4v) is 1.82. The number of para-hydroxylation sites is 1. The SMILES string of the molecule is NC(=O)CNC(=O)C1CNc2ccccc21. The Balaban J connectivity index is 2.07. The van der Waals surface area contributed by atoms with Crippen LogP contribution in [0.4, 0.5) is 5.69 Å². The Hall–Kier alpha value is -2.04. The Labute approximate surface area is 93.0 Å². The van der Waals surface area contributed by atoms with E-state index < -0.39 is 5.91 Å². The maximum absolute atomic E-state index is 11.8. The minimum absolute atomic E-state index is 0.114. The summed E-state index contributed by atoms with van der Waals surface area (Å²) in [5.41, 5.74) is 6.90. The fraction of sp³-hybridized carbons (Fsp3) is 0.273. The van der Waals surface area contributed by atoms with Crippen LogP contribution < -0.4 is 16.4 Å². The molecule has 1 aromatic carbocycles. The molecule has 1 atom stereocenters. The van der Waals surface area contributed by atoms with Crippen molar-refractivity contribution in [2.24, 2.45) is 5.73 Å². The van der Waals surface area contributed by atoms with Crippen molar-refractivity contribution in [1.29, 1.82) is 0 Å². The molecule has 0 fully saturated rings. The third-order valence-corrected chi connectivity index (χ3v) is 2.59. The molecule has 1 unspecified atom stereocenters. The van der Waals surface area contributed by atoms with E-state index in [2.05, 4.69) is 10.6 Å². The molecule has 1 aliphatic heterocycles. The van der Waals surface area contributed by atoms with Crippen molar-refractivity contribution >= 4 is 17.5 Å². The van der Waals surface area contributed by atoms with Crippen LogP contribution in [0.15, 0.2) is 24.3 Å². The molecule has 2 amide bonds. The summed E-state index contributed by atoms with van der Waals surface area (Å²) >= 11 is 0. The van der Waals surface area contributed by atoms with Crippen LogP contribution in [0, 0.1) is 0 Å². The third-order valence-electron chi connectivity index (χ3n) is 2.59. The number of rotatable bonds is 3. The van der Waals surface area contributed by atoms with Gasteiger partial charge < -0.3 is 16.4 Å². The summed E-state index contributed by atoms with van der Waals surface area (Å²) in [7, 11) is 0. The lowest BCUT2D eigenvalue weighted by Crippen LogP contribution is -2.36. The molecule has 5 heteroatoms. The highest BCUT2D eigenvalue weighted by molar-refractivity contribution is 5.90. The first-order valence-electron chi connectivity index (χ1n) is 5.07. The summed E-state index contributed by atoms with van der Waals surface area (Å²) < 4.78 is 0. The lowest BCUT2D eigenvalue weighted by molar-refractivity contribution is -0.125. The Bertz CT molecular complexity index is 431. The van der Waals surface area contributed by atoms with E-state index in [-0.39, 0.29) is 18.4 Å². The number of hydrogen-bond donors (Lipinski definition) is 3. The number of nitrogens with one attached hydrogen (secondary N) is 2. The Morgan fingerprint density at radius 2 is 2.19 bits per heavy atom. The van der Waals surface area contributed by atoms with Gasteiger partial charge in [-0.2, -0.15) is 0 Å². The van der Waals surface area contributed by atoms with Gasteiger partial charge in [-0.15, -0.1) is 0 Å². The van der Waals surface area contributed by atoms with Crippen molar-refractivity contribution < 1.29 is 9.59 Å². The zero-order valence-electron chi connectivity index (χ0n) is 8.69. The highest BCUT2D eigenvalue weighted by atomic mass is 16.2. The standard InChI is InChI=1S/C11H13N3O2/c12-10(15)6-14-11(16)8-5-13-9-4-2-1-3-7(8)9/h1-4,8,13H,5-6H2,(H2,12,15)(H,14,16). The van der Waals surface area contributed by atoms with Gasteiger partial charge in [-0.1, -0.05) is 18.2 Å². The topological polar surface area (TPSA) is 84.2 Å². The normalized spacial score (nSPS) is 17.4. The molecule has 0 spiro atoms. The molecule has 0 bridgehead atoms. The second kappa shape index (κ2) is 4.22. The highest BCUT2D eigenvalue weighted by Gasteiger charge is 2.27. The third kappa shape index (κ3) is 1.98. The number of anilines is 1.